The molecule has 0 radical (unpaired) electrons. The fourth-order valence-corrected chi connectivity index (χ4v) is 3.91. The van der Waals surface area contributed by atoms with Gasteiger partial charge < -0.3 is 9.64 Å². The molecule has 0 aromatic heterocycles. The van der Waals surface area contributed by atoms with Crippen molar-refractivity contribution in [2.24, 2.45) is 5.41 Å². The van der Waals surface area contributed by atoms with Gasteiger partial charge in [0.05, 0.1) is 0 Å². The molecule has 1 unspecified atom stereocenters. The first-order valence-corrected chi connectivity index (χ1v) is 8.43. The van der Waals surface area contributed by atoms with Gasteiger partial charge in [-0.15, -0.1) is 0 Å². The molecule has 3 nitrogen and oxygen atoms in total. The highest BCUT2D eigenvalue weighted by molar-refractivity contribution is 7.80. The van der Waals surface area contributed by atoms with E-state index in [1.54, 1.807) is 0 Å². The zero-order valence-electron chi connectivity index (χ0n) is 12.6. The second kappa shape index (κ2) is 7.30. The highest BCUT2D eigenvalue weighted by Crippen LogP contribution is 2.34. The third-order valence-corrected chi connectivity index (χ3v) is 5.59. The van der Waals surface area contributed by atoms with E-state index in [-0.39, 0.29) is 0 Å². The van der Waals surface area contributed by atoms with Crippen LogP contribution in [0.5, 0.6) is 0 Å². The van der Waals surface area contributed by atoms with E-state index in [4.69, 9.17) is 4.74 Å². The summed E-state index contributed by atoms with van der Waals surface area (Å²) in [7, 11) is 2.26. The zero-order valence-corrected chi connectivity index (χ0v) is 13.5. The van der Waals surface area contributed by atoms with Crippen molar-refractivity contribution >= 4 is 12.6 Å². The molecule has 2 saturated heterocycles. The Bertz CT molecular complexity index is 269. The van der Waals surface area contributed by atoms with Crippen molar-refractivity contribution in [3.63, 3.8) is 0 Å². The number of likely N-dealkylation sites (N-methyl/N-ethyl adjacent to an activating group) is 1. The molecular weight excluding hydrogens is 256 g/mol. The quantitative estimate of drug-likeness (QED) is 0.797. The van der Waals surface area contributed by atoms with Gasteiger partial charge in [0.2, 0.25) is 0 Å². The van der Waals surface area contributed by atoms with Crippen LogP contribution in [-0.4, -0.2) is 68.0 Å². The van der Waals surface area contributed by atoms with E-state index < -0.39 is 0 Å². The largest absolute Gasteiger partial charge is 0.381 e. The molecule has 2 aliphatic heterocycles. The minimum absolute atomic E-state index is 0.387. The molecule has 0 N–H and O–H groups in total. The van der Waals surface area contributed by atoms with Gasteiger partial charge in [-0.2, -0.15) is 12.6 Å². The van der Waals surface area contributed by atoms with Crippen molar-refractivity contribution in [3.8, 4) is 0 Å². The van der Waals surface area contributed by atoms with Gasteiger partial charge in [0.25, 0.3) is 0 Å². The lowest BCUT2D eigenvalue weighted by Gasteiger charge is -2.42. The van der Waals surface area contributed by atoms with Gasteiger partial charge >= 0.3 is 0 Å². The van der Waals surface area contributed by atoms with Crippen molar-refractivity contribution in [1.82, 2.24) is 9.80 Å². The highest BCUT2D eigenvalue weighted by Gasteiger charge is 2.35. The summed E-state index contributed by atoms with van der Waals surface area (Å²) in [5.41, 5.74) is 0.387. The molecule has 19 heavy (non-hydrogen) atoms. The van der Waals surface area contributed by atoms with Gasteiger partial charge in [-0.05, 0) is 57.0 Å². The molecule has 0 aromatic rings. The van der Waals surface area contributed by atoms with Crippen LogP contribution in [0.1, 0.15) is 32.6 Å². The van der Waals surface area contributed by atoms with E-state index >= 15 is 0 Å². The first-order valence-electron chi connectivity index (χ1n) is 7.80. The fraction of sp³-hybridized carbons (Fsp3) is 1.00. The second-order valence-electron chi connectivity index (χ2n) is 6.42. The van der Waals surface area contributed by atoms with Crippen molar-refractivity contribution < 1.29 is 4.74 Å². The minimum Gasteiger partial charge on any atom is -0.381 e. The van der Waals surface area contributed by atoms with Crippen LogP contribution in [-0.2, 0) is 4.74 Å². The summed E-state index contributed by atoms with van der Waals surface area (Å²) in [6, 6.07) is 0.715. The lowest BCUT2D eigenvalue weighted by Crippen LogP contribution is -2.48. The lowest BCUT2D eigenvalue weighted by molar-refractivity contribution is 0.0000999. The van der Waals surface area contributed by atoms with Crippen LogP contribution >= 0.6 is 12.6 Å². The summed E-state index contributed by atoms with van der Waals surface area (Å²) >= 11 is 4.66. The van der Waals surface area contributed by atoms with Gasteiger partial charge in [-0.1, -0.05) is 6.92 Å². The number of nitrogens with zero attached hydrogens (tertiary/aromatic N) is 2. The maximum Gasteiger partial charge on any atom is 0.0472 e. The van der Waals surface area contributed by atoms with Crippen molar-refractivity contribution in [2.75, 3.05) is 52.2 Å². The van der Waals surface area contributed by atoms with Gasteiger partial charge in [0.15, 0.2) is 0 Å². The van der Waals surface area contributed by atoms with Crippen molar-refractivity contribution in [1.29, 1.82) is 0 Å². The van der Waals surface area contributed by atoms with Crippen LogP contribution in [0.15, 0.2) is 0 Å². The van der Waals surface area contributed by atoms with Crippen LogP contribution < -0.4 is 0 Å². The molecule has 112 valence electrons. The number of hydrogen-bond donors (Lipinski definition) is 1. The summed E-state index contributed by atoms with van der Waals surface area (Å²) in [5.74, 6) is 0.999. The maximum atomic E-state index is 5.55. The Morgan fingerprint density at radius 2 is 2.00 bits per heavy atom. The molecule has 0 spiro atoms. The fourth-order valence-electron chi connectivity index (χ4n) is 3.49. The first kappa shape index (κ1) is 15.6. The molecule has 2 heterocycles. The molecule has 1 atom stereocenters. The predicted octanol–water partition coefficient (Wildman–Crippen LogP) is 2.13. The summed E-state index contributed by atoms with van der Waals surface area (Å²) in [6.45, 7) is 9.09. The first-order chi connectivity index (χ1) is 9.19. The number of hydrogen-bond acceptors (Lipinski definition) is 4. The van der Waals surface area contributed by atoms with Crippen LogP contribution in [0.4, 0.5) is 0 Å². The molecule has 0 aromatic carbocycles. The Hall–Kier alpha value is 0.230. The topological polar surface area (TPSA) is 15.7 Å². The van der Waals surface area contributed by atoms with E-state index in [0.29, 0.717) is 11.5 Å². The normalized spacial score (nSPS) is 30.2. The molecule has 0 bridgehead atoms. The summed E-state index contributed by atoms with van der Waals surface area (Å²) in [4.78, 5) is 5.23. The Morgan fingerprint density at radius 1 is 1.26 bits per heavy atom. The van der Waals surface area contributed by atoms with Crippen LogP contribution in [0.25, 0.3) is 0 Å². The minimum atomic E-state index is 0.387. The molecule has 2 rings (SSSR count). The summed E-state index contributed by atoms with van der Waals surface area (Å²) < 4.78 is 5.55. The van der Waals surface area contributed by atoms with E-state index in [1.807, 2.05) is 0 Å². The number of thiol groups is 1. The standard InChI is InChI=1S/C15H30N2OS/c1-3-14-11-16(2)7-4-8-17(14)12-15(13-19)5-9-18-10-6-15/h14,19H,3-13H2,1-2H3. The van der Waals surface area contributed by atoms with E-state index in [0.717, 1.165) is 19.0 Å². The Morgan fingerprint density at radius 3 is 2.63 bits per heavy atom. The van der Waals surface area contributed by atoms with Crippen LogP contribution in [0, 0.1) is 5.41 Å². The Labute approximate surface area is 124 Å². The zero-order chi connectivity index (χ0) is 13.7. The average molecular weight is 286 g/mol. The number of ether oxygens (including phenoxy) is 1. The molecule has 0 saturated carbocycles. The number of rotatable bonds is 4. The maximum absolute atomic E-state index is 5.55. The van der Waals surface area contributed by atoms with Gasteiger partial charge in [-0.3, -0.25) is 4.90 Å². The lowest BCUT2D eigenvalue weighted by atomic mass is 9.81. The molecular formula is C15H30N2OS. The smallest absolute Gasteiger partial charge is 0.0472 e. The van der Waals surface area contributed by atoms with Gasteiger partial charge in [0, 0.05) is 32.3 Å². The Balaban J connectivity index is 2.01. The van der Waals surface area contributed by atoms with E-state index in [1.165, 1.54) is 51.9 Å². The Kier molecular flexibility index (Phi) is 6.00. The van der Waals surface area contributed by atoms with Crippen molar-refractivity contribution in [2.45, 2.75) is 38.6 Å². The monoisotopic (exact) mass is 286 g/mol. The molecule has 2 fully saturated rings. The van der Waals surface area contributed by atoms with Crippen LogP contribution in [0.2, 0.25) is 0 Å². The summed E-state index contributed by atoms with van der Waals surface area (Å²) in [5, 5.41) is 0. The van der Waals surface area contributed by atoms with E-state index in [9.17, 15) is 0 Å². The molecule has 0 amide bonds. The molecule has 0 aliphatic carbocycles. The van der Waals surface area contributed by atoms with Crippen LogP contribution in [0.3, 0.4) is 0 Å². The van der Waals surface area contributed by atoms with Gasteiger partial charge in [0.1, 0.15) is 0 Å². The highest BCUT2D eigenvalue weighted by atomic mass is 32.1. The molecule has 2 aliphatic rings. The van der Waals surface area contributed by atoms with Crippen molar-refractivity contribution in [3.05, 3.63) is 0 Å². The summed E-state index contributed by atoms with van der Waals surface area (Å²) in [6.07, 6.45) is 4.91. The predicted molar refractivity (Wildman–Crippen MR) is 84.1 cm³/mol. The third kappa shape index (κ3) is 4.10. The van der Waals surface area contributed by atoms with E-state index in [2.05, 4.69) is 36.4 Å². The van der Waals surface area contributed by atoms with Gasteiger partial charge in [-0.25, -0.2) is 0 Å². The average Bonchev–Trinajstić information content (AvgIpc) is 2.61. The third-order valence-electron chi connectivity index (χ3n) is 4.92. The second-order valence-corrected chi connectivity index (χ2v) is 6.74. The molecule has 4 heteroatoms. The SMILES string of the molecule is CCC1CN(C)CCCN1CC1(CS)CCOCC1.